The zero-order valence-corrected chi connectivity index (χ0v) is 13.3. The highest BCUT2D eigenvalue weighted by atomic mass is 16.5. The molecule has 1 aromatic rings. The zero-order valence-electron chi connectivity index (χ0n) is 13.3. The first-order valence-corrected chi connectivity index (χ1v) is 8.38. The van der Waals surface area contributed by atoms with Gasteiger partial charge in [0.15, 0.2) is 0 Å². The highest BCUT2D eigenvalue weighted by Gasteiger charge is 2.22. The van der Waals surface area contributed by atoms with Gasteiger partial charge in [-0.1, -0.05) is 19.8 Å². The molecule has 1 aromatic heterocycles. The Hall–Kier alpha value is -1.00. The van der Waals surface area contributed by atoms with Crippen LogP contribution in [0.2, 0.25) is 0 Å². The molecule has 2 heterocycles. The minimum Gasteiger partial charge on any atom is -0.377 e. The van der Waals surface area contributed by atoms with Crippen LogP contribution >= 0.6 is 0 Å². The molecule has 2 atom stereocenters. The molecule has 2 aliphatic rings. The first kappa shape index (κ1) is 14.9. The fourth-order valence-electron chi connectivity index (χ4n) is 3.51. The largest absolute Gasteiger partial charge is 0.377 e. The molecular weight excluding hydrogens is 262 g/mol. The monoisotopic (exact) mass is 289 g/mol. The van der Waals surface area contributed by atoms with Crippen LogP contribution in [0.15, 0.2) is 6.20 Å². The normalized spacial score (nSPS) is 26.6. The molecule has 0 saturated heterocycles. The smallest absolute Gasteiger partial charge is 0.125 e. The van der Waals surface area contributed by atoms with E-state index in [1.165, 1.54) is 36.9 Å². The van der Waals surface area contributed by atoms with Gasteiger partial charge in [-0.25, -0.2) is 9.97 Å². The van der Waals surface area contributed by atoms with Crippen LogP contribution in [0.3, 0.4) is 0 Å². The van der Waals surface area contributed by atoms with Crippen molar-refractivity contribution >= 4 is 0 Å². The summed E-state index contributed by atoms with van der Waals surface area (Å²) >= 11 is 0. The van der Waals surface area contributed by atoms with Crippen LogP contribution in [0.4, 0.5) is 0 Å². The van der Waals surface area contributed by atoms with Gasteiger partial charge in [-0.15, -0.1) is 0 Å². The summed E-state index contributed by atoms with van der Waals surface area (Å²) in [6.45, 7) is 8.22. The number of ether oxygens (including phenoxy) is 1. The van der Waals surface area contributed by atoms with Gasteiger partial charge in [0.25, 0.3) is 0 Å². The Morgan fingerprint density at radius 3 is 3.05 bits per heavy atom. The maximum Gasteiger partial charge on any atom is 0.125 e. The third-order valence-corrected chi connectivity index (χ3v) is 4.92. The van der Waals surface area contributed by atoms with Crippen molar-refractivity contribution in [1.82, 2.24) is 14.9 Å². The Morgan fingerprint density at radius 2 is 2.19 bits per heavy atom. The van der Waals surface area contributed by atoms with Gasteiger partial charge in [-0.3, -0.25) is 4.90 Å². The average molecular weight is 289 g/mol. The van der Waals surface area contributed by atoms with Gasteiger partial charge in [-0.2, -0.15) is 0 Å². The fraction of sp³-hybridized carbons (Fsp3) is 0.765. The summed E-state index contributed by atoms with van der Waals surface area (Å²) in [7, 11) is 0. The van der Waals surface area contributed by atoms with Crippen molar-refractivity contribution in [2.45, 2.75) is 58.6 Å². The minimum absolute atomic E-state index is 0.486. The number of aromatic nitrogens is 2. The molecule has 3 rings (SSSR count). The molecule has 21 heavy (non-hydrogen) atoms. The molecule has 4 heteroatoms. The van der Waals surface area contributed by atoms with Crippen LogP contribution in [0, 0.1) is 12.8 Å². The van der Waals surface area contributed by atoms with E-state index in [4.69, 9.17) is 4.74 Å². The predicted octanol–water partition coefficient (Wildman–Crippen LogP) is 2.74. The number of nitrogens with zero attached hydrogens (tertiary/aromatic N) is 3. The highest BCUT2D eigenvalue weighted by Crippen LogP contribution is 2.26. The third kappa shape index (κ3) is 3.80. The molecule has 0 aromatic carbocycles. The van der Waals surface area contributed by atoms with E-state index >= 15 is 0 Å². The van der Waals surface area contributed by atoms with Gasteiger partial charge < -0.3 is 4.74 Å². The highest BCUT2D eigenvalue weighted by molar-refractivity contribution is 5.20. The first-order chi connectivity index (χ1) is 10.2. The Labute approximate surface area is 127 Å². The van der Waals surface area contributed by atoms with E-state index in [2.05, 4.69) is 21.8 Å². The second-order valence-corrected chi connectivity index (χ2v) is 6.59. The lowest BCUT2D eigenvalue weighted by Gasteiger charge is -2.31. The second-order valence-electron chi connectivity index (χ2n) is 6.59. The SMILES string of the molecule is Cc1ncc2c(n1)CN(CCO[C@H]1CCCC[C@@H]1C)CC2. The molecule has 0 spiro atoms. The predicted molar refractivity (Wildman–Crippen MR) is 83.1 cm³/mol. The molecule has 1 saturated carbocycles. The second kappa shape index (κ2) is 6.84. The quantitative estimate of drug-likeness (QED) is 0.854. The third-order valence-electron chi connectivity index (χ3n) is 4.92. The lowest BCUT2D eigenvalue weighted by atomic mass is 9.88. The summed E-state index contributed by atoms with van der Waals surface area (Å²) < 4.78 is 6.14. The summed E-state index contributed by atoms with van der Waals surface area (Å²) in [5.74, 6) is 1.61. The van der Waals surface area contributed by atoms with Crippen molar-refractivity contribution < 1.29 is 4.74 Å². The Morgan fingerprint density at radius 1 is 1.33 bits per heavy atom. The molecule has 0 amide bonds. The molecule has 0 N–H and O–H groups in total. The lowest BCUT2D eigenvalue weighted by Crippen LogP contribution is -2.36. The first-order valence-electron chi connectivity index (χ1n) is 8.38. The summed E-state index contributed by atoms with van der Waals surface area (Å²) in [6.07, 6.45) is 8.84. The summed E-state index contributed by atoms with van der Waals surface area (Å²) in [4.78, 5) is 11.3. The Bertz CT molecular complexity index is 477. The summed E-state index contributed by atoms with van der Waals surface area (Å²) in [6, 6.07) is 0. The van der Waals surface area contributed by atoms with Crippen LogP contribution in [0.5, 0.6) is 0 Å². The molecular formula is C17H27N3O. The Balaban J connectivity index is 1.46. The lowest BCUT2D eigenvalue weighted by molar-refractivity contribution is -0.0151. The number of hydrogen-bond acceptors (Lipinski definition) is 4. The van der Waals surface area contributed by atoms with Crippen molar-refractivity contribution in [2.24, 2.45) is 5.92 Å². The van der Waals surface area contributed by atoms with Crippen molar-refractivity contribution in [3.63, 3.8) is 0 Å². The van der Waals surface area contributed by atoms with E-state index < -0.39 is 0 Å². The Kier molecular flexibility index (Phi) is 4.86. The molecule has 1 fully saturated rings. The zero-order chi connectivity index (χ0) is 14.7. The van der Waals surface area contributed by atoms with Gasteiger partial charge in [-0.05, 0) is 37.7 Å². The van der Waals surface area contributed by atoms with Crippen molar-refractivity contribution in [3.8, 4) is 0 Å². The van der Waals surface area contributed by atoms with Gasteiger partial charge in [0.2, 0.25) is 0 Å². The molecule has 4 nitrogen and oxygen atoms in total. The maximum absolute atomic E-state index is 6.14. The fourth-order valence-corrected chi connectivity index (χ4v) is 3.51. The standard InChI is InChI=1S/C17H27N3O/c1-13-5-3-4-6-17(13)21-10-9-20-8-7-15-11-18-14(2)19-16(15)12-20/h11,13,17H,3-10,12H2,1-2H3/t13-,17-/m0/s1. The van der Waals surface area contributed by atoms with E-state index in [1.807, 2.05) is 13.1 Å². The maximum atomic E-state index is 6.14. The van der Waals surface area contributed by atoms with Crippen molar-refractivity contribution in [3.05, 3.63) is 23.3 Å². The number of fused-ring (bicyclic) bond motifs is 1. The van der Waals surface area contributed by atoms with E-state index in [0.717, 1.165) is 44.4 Å². The van der Waals surface area contributed by atoms with Crippen molar-refractivity contribution in [1.29, 1.82) is 0 Å². The number of rotatable bonds is 4. The average Bonchev–Trinajstić information content (AvgIpc) is 2.49. The molecule has 0 radical (unpaired) electrons. The number of hydrogen-bond donors (Lipinski definition) is 0. The molecule has 1 aliphatic carbocycles. The van der Waals surface area contributed by atoms with E-state index in [0.29, 0.717) is 6.10 Å². The van der Waals surface area contributed by atoms with Gasteiger partial charge in [0, 0.05) is 25.8 Å². The molecule has 1 aliphatic heterocycles. The molecule has 0 bridgehead atoms. The van der Waals surface area contributed by atoms with Crippen LogP contribution in [-0.2, 0) is 17.7 Å². The van der Waals surface area contributed by atoms with E-state index in [1.54, 1.807) is 0 Å². The molecule has 0 unspecified atom stereocenters. The van der Waals surface area contributed by atoms with Gasteiger partial charge in [0.1, 0.15) is 5.82 Å². The van der Waals surface area contributed by atoms with Gasteiger partial charge >= 0.3 is 0 Å². The van der Waals surface area contributed by atoms with E-state index in [9.17, 15) is 0 Å². The summed E-state index contributed by atoms with van der Waals surface area (Å²) in [5.41, 5.74) is 2.53. The van der Waals surface area contributed by atoms with Crippen LogP contribution in [0.25, 0.3) is 0 Å². The summed E-state index contributed by atoms with van der Waals surface area (Å²) in [5, 5.41) is 0. The van der Waals surface area contributed by atoms with Crippen LogP contribution in [0.1, 0.15) is 49.7 Å². The van der Waals surface area contributed by atoms with Crippen LogP contribution in [-0.4, -0.2) is 40.7 Å². The van der Waals surface area contributed by atoms with Crippen LogP contribution < -0.4 is 0 Å². The number of aryl methyl sites for hydroxylation is 1. The molecule has 116 valence electrons. The topological polar surface area (TPSA) is 38.2 Å². The van der Waals surface area contributed by atoms with E-state index in [-0.39, 0.29) is 0 Å². The minimum atomic E-state index is 0.486. The van der Waals surface area contributed by atoms with Gasteiger partial charge in [0.05, 0.1) is 18.4 Å². The van der Waals surface area contributed by atoms with Crippen molar-refractivity contribution in [2.75, 3.05) is 19.7 Å².